The zero-order valence-electron chi connectivity index (χ0n) is 12.5. The second-order valence-electron chi connectivity index (χ2n) is 5.30. The predicted octanol–water partition coefficient (Wildman–Crippen LogP) is 0.690. The highest BCUT2D eigenvalue weighted by atomic mass is 32.2. The summed E-state index contributed by atoms with van der Waals surface area (Å²) in [7, 11) is -3.44. The lowest BCUT2D eigenvalue weighted by molar-refractivity contribution is -0.118. The van der Waals surface area contributed by atoms with Gasteiger partial charge in [-0.25, -0.2) is 13.1 Å². The average molecular weight is 325 g/mol. The molecule has 2 rings (SSSR count). The van der Waals surface area contributed by atoms with E-state index in [-0.39, 0.29) is 5.91 Å². The van der Waals surface area contributed by atoms with Crippen LogP contribution in [0.2, 0.25) is 0 Å². The van der Waals surface area contributed by atoms with Gasteiger partial charge in [-0.3, -0.25) is 9.59 Å². The lowest BCUT2D eigenvalue weighted by atomic mass is 10.2. The predicted molar refractivity (Wildman–Crippen MR) is 84.1 cm³/mol. The molecule has 7 nitrogen and oxygen atoms in total. The van der Waals surface area contributed by atoms with Crippen molar-refractivity contribution in [3.05, 3.63) is 24.3 Å². The maximum Gasteiger partial charge on any atom is 0.242 e. The highest BCUT2D eigenvalue weighted by Gasteiger charge is 2.21. The molecule has 1 aromatic carbocycles. The SMILES string of the molecule is CC(NS(C)(=O)=O)C(=O)Nc1ccc(N2CCCC2=O)cc1. The Bertz CT molecular complexity index is 670. The van der Waals surface area contributed by atoms with Crippen LogP contribution in [0, 0.1) is 0 Å². The maximum atomic E-state index is 11.9. The standard InChI is InChI=1S/C14H19N3O4S/c1-10(16-22(2,20)21)14(19)15-11-5-7-12(8-6-11)17-9-3-4-13(17)18/h5-8,10,16H,3-4,9H2,1-2H3,(H,15,19). The molecule has 1 saturated heterocycles. The monoisotopic (exact) mass is 325 g/mol. The molecule has 22 heavy (non-hydrogen) atoms. The molecule has 0 aliphatic carbocycles. The number of carbonyl (C=O) groups excluding carboxylic acids is 2. The highest BCUT2D eigenvalue weighted by molar-refractivity contribution is 7.88. The van der Waals surface area contributed by atoms with Crippen LogP contribution in [0.4, 0.5) is 11.4 Å². The number of sulfonamides is 1. The summed E-state index contributed by atoms with van der Waals surface area (Å²) < 4.78 is 24.4. The number of nitrogens with one attached hydrogen (secondary N) is 2. The molecule has 1 aliphatic rings. The van der Waals surface area contributed by atoms with Crippen molar-refractivity contribution in [3.63, 3.8) is 0 Å². The van der Waals surface area contributed by atoms with Gasteiger partial charge in [-0.05, 0) is 37.6 Å². The summed E-state index contributed by atoms with van der Waals surface area (Å²) in [4.78, 5) is 25.2. The first kappa shape index (κ1) is 16.4. The molecule has 1 aromatic rings. The number of rotatable bonds is 5. The van der Waals surface area contributed by atoms with Crippen molar-refractivity contribution in [3.8, 4) is 0 Å². The minimum atomic E-state index is -3.44. The van der Waals surface area contributed by atoms with Crippen molar-refractivity contribution in [2.45, 2.75) is 25.8 Å². The molecular weight excluding hydrogens is 306 g/mol. The molecule has 2 N–H and O–H groups in total. The molecule has 0 aromatic heterocycles. The highest BCUT2D eigenvalue weighted by Crippen LogP contribution is 2.23. The van der Waals surface area contributed by atoms with Crippen LogP contribution in [0.25, 0.3) is 0 Å². The summed E-state index contributed by atoms with van der Waals surface area (Å²) >= 11 is 0. The first-order chi connectivity index (χ1) is 10.3. The Morgan fingerprint density at radius 3 is 2.41 bits per heavy atom. The van der Waals surface area contributed by atoms with Crippen LogP contribution in [-0.2, 0) is 19.6 Å². The maximum absolute atomic E-state index is 11.9. The van der Waals surface area contributed by atoms with E-state index in [1.165, 1.54) is 6.92 Å². The van der Waals surface area contributed by atoms with Crippen molar-refractivity contribution < 1.29 is 18.0 Å². The van der Waals surface area contributed by atoms with Gasteiger partial charge in [-0.15, -0.1) is 0 Å². The fourth-order valence-electron chi connectivity index (χ4n) is 2.27. The number of nitrogens with zero attached hydrogens (tertiary/aromatic N) is 1. The van der Waals surface area contributed by atoms with Crippen LogP contribution in [0.3, 0.4) is 0 Å². The van der Waals surface area contributed by atoms with E-state index in [1.807, 2.05) is 0 Å². The smallest absolute Gasteiger partial charge is 0.242 e. The fourth-order valence-corrected chi connectivity index (χ4v) is 3.02. The number of carbonyl (C=O) groups is 2. The van der Waals surface area contributed by atoms with E-state index >= 15 is 0 Å². The van der Waals surface area contributed by atoms with Gasteiger partial charge < -0.3 is 10.2 Å². The number of hydrogen-bond donors (Lipinski definition) is 2. The summed E-state index contributed by atoms with van der Waals surface area (Å²) in [5.41, 5.74) is 1.34. The lowest BCUT2D eigenvalue weighted by Crippen LogP contribution is -2.40. The first-order valence-corrected chi connectivity index (χ1v) is 8.84. The summed E-state index contributed by atoms with van der Waals surface area (Å²) in [6, 6.07) is 6.02. The zero-order chi connectivity index (χ0) is 16.3. The summed E-state index contributed by atoms with van der Waals surface area (Å²) in [6.07, 6.45) is 2.41. The molecule has 0 bridgehead atoms. The second-order valence-corrected chi connectivity index (χ2v) is 7.08. The van der Waals surface area contributed by atoms with Gasteiger partial charge in [0.05, 0.1) is 12.3 Å². The molecule has 8 heteroatoms. The van der Waals surface area contributed by atoms with Crippen molar-refractivity contribution in [1.82, 2.24) is 4.72 Å². The van der Waals surface area contributed by atoms with E-state index in [0.29, 0.717) is 18.7 Å². The minimum Gasteiger partial charge on any atom is -0.325 e. The molecule has 1 unspecified atom stereocenters. The van der Waals surface area contributed by atoms with E-state index < -0.39 is 22.0 Å². The van der Waals surface area contributed by atoms with Crippen LogP contribution >= 0.6 is 0 Å². The number of hydrogen-bond acceptors (Lipinski definition) is 4. The second kappa shape index (κ2) is 6.45. The topological polar surface area (TPSA) is 95.6 Å². The van der Waals surface area contributed by atoms with Crippen LogP contribution in [0.1, 0.15) is 19.8 Å². The average Bonchev–Trinajstić information content (AvgIpc) is 2.84. The van der Waals surface area contributed by atoms with Crippen LogP contribution in [-0.4, -0.2) is 39.1 Å². The van der Waals surface area contributed by atoms with E-state index in [1.54, 1.807) is 29.2 Å². The summed E-state index contributed by atoms with van der Waals surface area (Å²) in [5, 5.41) is 2.62. The van der Waals surface area contributed by atoms with Gasteiger partial charge in [0, 0.05) is 24.3 Å². The van der Waals surface area contributed by atoms with Crippen molar-refractivity contribution in [2.24, 2.45) is 0 Å². The molecule has 1 atom stereocenters. The van der Waals surface area contributed by atoms with Crippen molar-refractivity contribution >= 4 is 33.2 Å². The van der Waals surface area contributed by atoms with E-state index in [2.05, 4.69) is 10.0 Å². The van der Waals surface area contributed by atoms with Gasteiger partial charge in [0.15, 0.2) is 0 Å². The van der Waals surface area contributed by atoms with Gasteiger partial charge in [0.2, 0.25) is 21.8 Å². The Hall–Kier alpha value is -1.93. The first-order valence-electron chi connectivity index (χ1n) is 6.95. The molecule has 0 radical (unpaired) electrons. The molecule has 2 amide bonds. The molecule has 1 fully saturated rings. The Morgan fingerprint density at radius 2 is 1.91 bits per heavy atom. The number of amides is 2. The number of benzene rings is 1. The summed E-state index contributed by atoms with van der Waals surface area (Å²) in [6.45, 7) is 2.17. The lowest BCUT2D eigenvalue weighted by Gasteiger charge is -2.17. The minimum absolute atomic E-state index is 0.0998. The van der Waals surface area contributed by atoms with Gasteiger partial charge in [0.25, 0.3) is 0 Å². The Morgan fingerprint density at radius 1 is 1.27 bits per heavy atom. The van der Waals surface area contributed by atoms with Crippen molar-refractivity contribution in [1.29, 1.82) is 0 Å². The Balaban J connectivity index is 1.99. The quantitative estimate of drug-likeness (QED) is 0.832. The summed E-state index contributed by atoms with van der Waals surface area (Å²) in [5.74, 6) is -0.349. The van der Waals surface area contributed by atoms with Crippen LogP contribution in [0.5, 0.6) is 0 Å². The third-order valence-corrected chi connectivity index (χ3v) is 4.09. The number of anilines is 2. The zero-order valence-corrected chi connectivity index (χ0v) is 13.3. The van der Waals surface area contributed by atoms with Crippen molar-refractivity contribution in [2.75, 3.05) is 23.0 Å². The van der Waals surface area contributed by atoms with Gasteiger partial charge in [-0.2, -0.15) is 0 Å². The molecule has 1 heterocycles. The van der Waals surface area contributed by atoms with E-state index in [9.17, 15) is 18.0 Å². The third kappa shape index (κ3) is 4.28. The molecular formula is C14H19N3O4S. The van der Waals surface area contributed by atoms with E-state index in [4.69, 9.17) is 0 Å². The van der Waals surface area contributed by atoms with Crippen LogP contribution in [0.15, 0.2) is 24.3 Å². The third-order valence-electron chi connectivity index (χ3n) is 3.30. The van der Waals surface area contributed by atoms with E-state index in [0.717, 1.165) is 18.4 Å². The fraction of sp³-hybridized carbons (Fsp3) is 0.429. The Labute approximate surface area is 129 Å². The van der Waals surface area contributed by atoms with Gasteiger partial charge >= 0.3 is 0 Å². The van der Waals surface area contributed by atoms with Gasteiger partial charge in [0.1, 0.15) is 0 Å². The van der Waals surface area contributed by atoms with Gasteiger partial charge in [-0.1, -0.05) is 0 Å². The molecule has 0 saturated carbocycles. The molecule has 120 valence electrons. The Kier molecular flexibility index (Phi) is 4.82. The molecule has 1 aliphatic heterocycles. The largest absolute Gasteiger partial charge is 0.325 e. The normalized spacial score (nSPS) is 16.6. The van der Waals surface area contributed by atoms with Crippen LogP contribution < -0.4 is 14.9 Å². The molecule has 0 spiro atoms.